The Kier molecular flexibility index (Phi) is 4.25. The van der Waals surface area contributed by atoms with Gasteiger partial charge in [-0.25, -0.2) is 8.78 Å². The van der Waals surface area contributed by atoms with E-state index in [1.54, 1.807) is 0 Å². The van der Waals surface area contributed by atoms with Gasteiger partial charge in [0, 0.05) is 12.6 Å². The number of amides is 1. The maximum absolute atomic E-state index is 13.3. The first kappa shape index (κ1) is 13.0. The van der Waals surface area contributed by atoms with Crippen LogP contribution in [0.3, 0.4) is 0 Å². The zero-order chi connectivity index (χ0) is 13.0. The van der Waals surface area contributed by atoms with Gasteiger partial charge in [-0.3, -0.25) is 4.79 Å². The molecule has 0 unspecified atom stereocenters. The summed E-state index contributed by atoms with van der Waals surface area (Å²) in [6.07, 6.45) is 3.06. The van der Waals surface area contributed by atoms with E-state index in [2.05, 4.69) is 10.6 Å². The first-order valence-electron chi connectivity index (χ1n) is 6.13. The molecule has 1 fully saturated rings. The second kappa shape index (κ2) is 5.91. The SMILES string of the molecule is O=C(NCC[C@H]1CCCN1)c1cc(F)ccc1F. The molecule has 5 heteroatoms. The standard InChI is InChI=1S/C13H16F2N2O/c14-9-3-4-12(15)11(8-9)13(18)17-7-5-10-2-1-6-16-10/h3-4,8,10,16H,1-2,5-7H2,(H,17,18)/t10-/m1/s1. The molecule has 3 nitrogen and oxygen atoms in total. The van der Waals surface area contributed by atoms with Gasteiger partial charge in [0.1, 0.15) is 11.6 Å². The van der Waals surface area contributed by atoms with Crippen LogP contribution in [0.1, 0.15) is 29.6 Å². The Hall–Kier alpha value is -1.49. The zero-order valence-electron chi connectivity index (χ0n) is 10.0. The summed E-state index contributed by atoms with van der Waals surface area (Å²) in [5.74, 6) is -1.88. The Morgan fingerprint density at radius 3 is 3.00 bits per heavy atom. The van der Waals surface area contributed by atoms with Crippen LogP contribution < -0.4 is 10.6 Å². The van der Waals surface area contributed by atoms with E-state index in [4.69, 9.17) is 0 Å². The van der Waals surface area contributed by atoms with Gasteiger partial charge in [0.25, 0.3) is 5.91 Å². The topological polar surface area (TPSA) is 41.1 Å². The lowest BCUT2D eigenvalue weighted by Gasteiger charge is -2.11. The molecule has 1 atom stereocenters. The third kappa shape index (κ3) is 3.26. The quantitative estimate of drug-likeness (QED) is 0.860. The van der Waals surface area contributed by atoms with Crippen molar-refractivity contribution in [3.63, 3.8) is 0 Å². The molecule has 0 aliphatic carbocycles. The largest absolute Gasteiger partial charge is 0.352 e. The summed E-state index contributed by atoms with van der Waals surface area (Å²) in [6.45, 7) is 1.48. The normalized spacial score (nSPS) is 18.9. The number of hydrogen-bond donors (Lipinski definition) is 2. The van der Waals surface area contributed by atoms with E-state index >= 15 is 0 Å². The van der Waals surface area contributed by atoms with Crippen molar-refractivity contribution >= 4 is 5.91 Å². The van der Waals surface area contributed by atoms with E-state index < -0.39 is 17.5 Å². The van der Waals surface area contributed by atoms with Crippen molar-refractivity contribution in [3.05, 3.63) is 35.4 Å². The monoisotopic (exact) mass is 254 g/mol. The van der Waals surface area contributed by atoms with Crippen molar-refractivity contribution in [2.75, 3.05) is 13.1 Å². The molecule has 1 amide bonds. The van der Waals surface area contributed by atoms with Crippen LogP contribution in [0, 0.1) is 11.6 Å². The maximum Gasteiger partial charge on any atom is 0.254 e. The third-order valence-electron chi connectivity index (χ3n) is 3.11. The predicted molar refractivity (Wildman–Crippen MR) is 64.3 cm³/mol. The Balaban J connectivity index is 1.85. The molecule has 1 saturated heterocycles. The number of rotatable bonds is 4. The highest BCUT2D eigenvalue weighted by Crippen LogP contribution is 2.10. The lowest BCUT2D eigenvalue weighted by Crippen LogP contribution is -2.31. The van der Waals surface area contributed by atoms with Gasteiger partial charge in [-0.2, -0.15) is 0 Å². The first-order valence-corrected chi connectivity index (χ1v) is 6.13. The molecule has 1 aromatic carbocycles. The van der Waals surface area contributed by atoms with Crippen LogP contribution in [0.25, 0.3) is 0 Å². The van der Waals surface area contributed by atoms with Crippen molar-refractivity contribution in [1.29, 1.82) is 0 Å². The molecule has 2 N–H and O–H groups in total. The number of carbonyl (C=O) groups is 1. The van der Waals surface area contributed by atoms with Gasteiger partial charge in [-0.1, -0.05) is 0 Å². The first-order chi connectivity index (χ1) is 8.66. The highest BCUT2D eigenvalue weighted by atomic mass is 19.1. The molecule has 2 rings (SSSR count). The summed E-state index contributed by atoms with van der Waals surface area (Å²) in [4.78, 5) is 11.7. The summed E-state index contributed by atoms with van der Waals surface area (Å²) < 4.78 is 26.2. The van der Waals surface area contributed by atoms with Crippen LogP contribution >= 0.6 is 0 Å². The highest BCUT2D eigenvalue weighted by molar-refractivity contribution is 5.94. The smallest absolute Gasteiger partial charge is 0.254 e. The number of benzene rings is 1. The minimum absolute atomic E-state index is 0.241. The van der Waals surface area contributed by atoms with Crippen molar-refractivity contribution in [2.45, 2.75) is 25.3 Å². The minimum Gasteiger partial charge on any atom is -0.352 e. The van der Waals surface area contributed by atoms with E-state index in [9.17, 15) is 13.6 Å². The fourth-order valence-corrected chi connectivity index (χ4v) is 2.13. The molecule has 18 heavy (non-hydrogen) atoms. The molecule has 0 saturated carbocycles. The molecule has 1 aromatic rings. The molecule has 0 spiro atoms. The average Bonchev–Trinajstić information content (AvgIpc) is 2.85. The van der Waals surface area contributed by atoms with Crippen LogP contribution in [0.2, 0.25) is 0 Å². The van der Waals surface area contributed by atoms with Gasteiger partial charge in [0.05, 0.1) is 5.56 Å². The summed E-state index contributed by atoms with van der Waals surface area (Å²) in [5.41, 5.74) is -0.241. The van der Waals surface area contributed by atoms with Gasteiger partial charge in [-0.05, 0) is 44.0 Å². The van der Waals surface area contributed by atoms with Gasteiger partial charge in [0.15, 0.2) is 0 Å². The molecular weight excluding hydrogens is 238 g/mol. The number of carbonyl (C=O) groups excluding carboxylic acids is 1. The fourth-order valence-electron chi connectivity index (χ4n) is 2.13. The van der Waals surface area contributed by atoms with E-state index in [1.807, 2.05) is 0 Å². The molecule has 0 aromatic heterocycles. The van der Waals surface area contributed by atoms with Crippen LogP contribution in [-0.2, 0) is 0 Å². The maximum atomic E-state index is 13.3. The van der Waals surface area contributed by atoms with Crippen molar-refractivity contribution in [2.24, 2.45) is 0 Å². The molecule has 1 heterocycles. The van der Waals surface area contributed by atoms with Crippen LogP contribution in [0.5, 0.6) is 0 Å². The zero-order valence-corrected chi connectivity index (χ0v) is 10.0. The predicted octanol–water partition coefficient (Wildman–Crippen LogP) is 1.84. The summed E-state index contributed by atoms with van der Waals surface area (Å²) in [6, 6.07) is 3.29. The number of hydrogen-bond acceptors (Lipinski definition) is 2. The van der Waals surface area contributed by atoms with Crippen molar-refractivity contribution in [3.8, 4) is 0 Å². The highest BCUT2D eigenvalue weighted by Gasteiger charge is 2.15. The van der Waals surface area contributed by atoms with Gasteiger partial charge < -0.3 is 10.6 Å². The fraction of sp³-hybridized carbons (Fsp3) is 0.462. The Morgan fingerprint density at radius 1 is 1.44 bits per heavy atom. The molecule has 98 valence electrons. The van der Waals surface area contributed by atoms with Crippen LogP contribution in [-0.4, -0.2) is 25.0 Å². The van der Waals surface area contributed by atoms with Gasteiger partial charge >= 0.3 is 0 Å². The second-order valence-electron chi connectivity index (χ2n) is 4.46. The molecule has 0 bridgehead atoms. The summed E-state index contributed by atoms with van der Waals surface area (Å²) >= 11 is 0. The molecule has 0 radical (unpaired) electrons. The van der Waals surface area contributed by atoms with Gasteiger partial charge in [-0.15, -0.1) is 0 Å². The second-order valence-corrected chi connectivity index (χ2v) is 4.46. The Labute approximate surface area is 105 Å². The lowest BCUT2D eigenvalue weighted by atomic mass is 10.1. The average molecular weight is 254 g/mol. The van der Waals surface area contributed by atoms with Crippen molar-refractivity contribution in [1.82, 2.24) is 10.6 Å². The Bertz CT molecular complexity index is 431. The van der Waals surface area contributed by atoms with E-state index in [0.717, 1.165) is 44.0 Å². The third-order valence-corrected chi connectivity index (χ3v) is 3.11. The number of halogens is 2. The van der Waals surface area contributed by atoms with E-state index in [-0.39, 0.29) is 5.56 Å². The summed E-state index contributed by atoms with van der Waals surface area (Å²) in [7, 11) is 0. The van der Waals surface area contributed by atoms with E-state index in [1.165, 1.54) is 0 Å². The van der Waals surface area contributed by atoms with Crippen molar-refractivity contribution < 1.29 is 13.6 Å². The number of nitrogens with one attached hydrogen (secondary N) is 2. The minimum atomic E-state index is -0.701. The lowest BCUT2D eigenvalue weighted by molar-refractivity contribution is 0.0948. The summed E-state index contributed by atoms with van der Waals surface area (Å²) in [5, 5.41) is 5.91. The molecule has 1 aliphatic rings. The molecular formula is C13H16F2N2O. The van der Waals surface area contributed by atoms with Crippen LogP contribution in [0.15, 0.2) is 18.2 Å². The van der Waals surface area contributed by atoms with E-state index in [0.29, 0.717) is 12.6 Å². The van der Waals surface area contributed by atoms with Crippen LogP contribution in [0.4, 0.5) is 8.78 Å². The molecule has 1 aliphatic heterocycles. The Morgan fingerprint density at radius 2 is 2.28 bits per heavy atom. The van der Waals surface area contributed by atoms with Gasteiger partial charge in [0.2, 0.25) is 0 Å².